The number of aromatic nitrogens is 3. The lowest BCUT2D eigenvalue weighted by molar-refractivity contribution is 0.0724. The molecule has 0 N–H and O–H groups in total. The summed E-state index contributed by atoms with van der Waals surface area (Å²) in [6, 6.07) is 7.66. The third-order valence-corrected chi connectivity index (χ3v) is 5.40. The first-order valence-electron chi connectivity index (χ1n) is 9.59. The van der Waals surface area contributed by atoms with E-state index >= 15 is 0 Å². The Morgan fingerprint density at radius 3 is 2.86 bits per heavy atom. The molecule has 3 heterocycles. The third-order valence-electron chi connectivity index (χ3n) is 5.40. The Morgan fingerprint density at radius 1 is 1.34 bits per heavy atom. The number of hydrogen-bond donors (Lipinski definition) is 0. The van der Waals surface area contributed by atoms with Crippen LogP contribution in [0.3, 0.4) is 0 Å². The number of hydrogen-bond acceptors (Lipinski definition) is 5. The van der Waals surface area contributed by atoms with Gasteiger partial charge >= 0.3 is 0 Å². The average Bonchev–Trinajstić information content (AvgIpc) is 3.41. The first-order chi connectivity index (χ1) is 14.0. The summed E-state index contributed by atoms with van der Waals surface area (Å²) in [6.07, 6.45) is 1.81. The zero-order chi connectivity index (χ0) is 20.5. The summed E-state index contributed by atoms with van der Waals surface area (Å²) in [6.45, 7) is 4.64. The van der Waals surface area contributed by atoms with Gasteiger partial charge in [-0.05, 0) is 38.8 Å². The van der Waals surface area contributed by atoms with Gasteiger partial charge in [0.05, 0.1) is 11.7 Å². The van der Waals surface area contributed by atoms with Gasteiger partial charge in [0.2, 0.25) is 0 Å². The molecule has 1 aliphatic rings. The van der Waals surface area contributed by atoms with Crippen molar-refractivity contribution in [3.05, 3.63) is 64.6 Å². The van der Waals surface area contributed by atoms with E-state index in [-0.39, 0.29) is 30.0 Å². The highest BCUT2D eigenvalue weighted by Crippen LogP contribution is 2.36. The molecule has 4 rings (SSSR count). The predicted molar refractivity (Wildman–Crippen MR) is 103 cm³/mol. The minimum Gasteiger partial charge on any atom is -0.482 e. The summed E-state index contributed by atoms with van der Waals surface area (Å²) < 4.78 is 26.2. The van der Waals surface area contributed by atoms with Crippen LogP contribution >= 0.6 is 0 Å². The van der Waals surface area contributed by atoms with Crippen LogP contribution in [-0.2, 0) is 13.7 Å². The van der Waals surface area contributed by atoms with Crippen molar-refractivity contribution >= 4 is 5.91 Å². The monoisotopic (exact) mass is 398 g/mol. The fourth-order valence-electron chi connectivity index (χ4n) is 3.92. The van der Waals surface area contributed by atoms with Gasteiger partial charge < -0.3 is 14.2 Å². The number of ether oxygens (including phenoxy) is 1. The molecule has 0 aliphatic carbocycles. The van der Waals surface area contributed by atoms with Gasteiger partial charge in [0.25, 0.3) is 5.91 Å². The Hall–Kier alpha value is -3.16. The molecular weight excluding hydrogens is 375 g/mol. The van der Waals surface area contributed by atoms with Crippen molar-refractivity contribution < 1.29 is 18.4 Å². The van der Waals surface area contributed by atoms with Crippen LogP contribution in [0.2, 0.25) is 0 Å². The minimum atomic E-state index is -0.453. The molecule has 152 valence electrons. The molecule has 1 aromatic carbocycles. The predicted octanol–water partition coefficient (Wildman–Crippen LogP) is 3.72. The molecule has 3 aromatic rings. The van der Waals surface area contributed by atoms with Crippen molar-refractivity contribution in [2.45, 2.75) is 39.3 Å². The molecule has 1 atom stereocenters. The second-order valence-corrected chi connectivity index (χ2v) is 7.26. The van der Waals surface area contributed by atoms with E-state index in [9.17, 15) is 9.18 Å². The van der Waals surface area contributed by atoms with Crippen molar-refractivity contribution in [1.29, 1.82) is 0 Å². The summed E-state index contributed by atoms with van der Waals surface area (Å²) in [5.41, 5.74) is 3.33. The second-order valence-electron chi connectivity index (χ2n) is 7.26. The maximum Gasteiger partial charge on any atom is 0.276 e. The summed E-state index contributed by atoms with van der Waals surface area (Å²) in [5.74, 6) is -0.151. The summed E-state index contributed by atoms with van der Waals surface area (Å²) in [7, 11) is 1.91. The highest BCUT2D eigenvalue weighted by Gasteiger charge is 2.35. The van der Waals surface area contributed by atoms with Gasteiger partial charge in [-0.25, -0.2) is 4.39 Å². The standard InChI is InChI=1S/C21H23FN4O3/c1-13-20(14(2)25(3)23-13)18-8-6-10-26(18)21(27)17-11-15(29-24-17)12-28-19-9-5-4-7-16(19)22/h4-5,7,9,11,18H,6,8,10,12H2,1-3H3. The van der Waals surface area contributed by atoms with Crippen LogP contribution in [-0.4, -0.2) is 32.3 Å². The van der Waals surface area contributed by atoms with Gasteiger partial charge in [0.1, 0.15) is 6.61 Å². The highest BCUT2D eigenvalue weighted by molar-refractivity contribution is 5.92. The van der Waals surface area contributed by atoms with Gasteiger partial charge in [-0.2, -0.15) is 5.10 Å². The number of likely N-dealkylation sites (tertiary alicyclic amines) is 1. The zero-order valence-corrected chi connectivity index (χ0v) is 16.7. The number of benzene rings is 1. The van der Waals surface area contributed by atoms with Crippen LogP contribution in [0, 0.1) is 19.7 Å². The Balaban J connectivity index is 1.49. The number of rotatable bonds is 5. The average molecular weight is 398 g/mol. The largest absolute Gasteiger partial charge is 0.482 e. The van der Waals surface area contributed by atoms with Crippen LogP contribution in [0.15, 0.2) is 34.9 Å². The Kier molecular flexibility index (Phi) is 5.08. The smallest absolute Gasteiger partial charge is 0.276 e. The van der Waals surface area contributed by atoms with Gasteiger partial charge in [-0.15, -0.1) is 0 Å². The summed E-state index contributed by atoms with van der Waals surface area (Å²) >= 11 is 0. The molecule has 0 saturated carbocycles. The maximum atomic E-state index is 13.7. The highest BCUT2D eigenvalue weighted by atomic mass is 19.1. The fourth-order valence-corrected chi connectivity index (χ4v) is 3.92. The third kappa shape index (κ3) is 3.62. The molecular formula is C21H23FN4O3. The Labute approximate surface area is 168 Å². The lowest BCUT2D eigenvalue weighted by atomic mass is 10.0. The van der Waals surface area contributed by atoms with E-state index in [1.54, 1.807) is 18.2 Å². The van der Waals surface area contributed by atoms with Crippen LogP contribution in [0.25, 0.3) is 0 Å². The topological polar surface area (TPSA) is 73.4 Å². The van der Waals surface area contributed by atoms with Crippen LogP contribution in [0.4, 0.5) is 4.39 Å². The number of nitrogens with zero attached hydrogens (tertiary/aromatic N) is 4. The lowest BCUT2D eigenvalue weighted by Crippen LogP contribution is -2.31. The second kappa shape index (κ2) is 7.69. The van der Waals surface area contributed by atoms with Crippen molar-refractivity contribution in [2.75, 3.05) is 6.54 Å². The van der Waals surface area contributed by atoms with Crippen molar-refractivity contribution in [1.82, 2.24) is 19.8 Å². The quantitative estimate of drug-likeness (QED) is 0.655. The van der Waals surface area contributed by atoms with E-state index in [0.29, 0.717) is 12.3 Å². The first-order valence-corrected chi connectivity index (χ1v) is 9.59. The van der Waals surface area contributed by atoms with Gasteiger partial charge in [-0.3, -0.25) is 9.48 Å². The molecule has 0 radical (unpaired) electrons. The van der Waals surface area contributed by atoms with Gasteiger partial charge in [-0.1, -0.05) is 17.3 Å². The van der Waals surface area contributed by atoms with Crippen LogP contribution < -0.4 is 4.74 Å². The van der Waals surface area contributed by atoms with E-state index < -0.39 is 5.82 Å². The van der Waals surface area contributed by atoms with E-state index in [2.05, 4.69) is 10.3 Å². The van der Waals surface area contributed by atoms with E-state index in [1.807, 2.05) is 30.5 Å². The number of halogens is 1. The molecule has 29 heavy (non-hydrogen) atoms. The summed E-state index contributed by atoms with van der Waals surface area (Å²) in [4.78, 5) is 14.9. The van der Waals surface area contributed by atoms with Crippen molar-refractivity contribution in [3.8, 4) is 5.75 Å². The molecule has 8 heteroatoms. The number of carbonyl (C=O) groups excluding carboxylic acids is 1. The molecule has 1 aliphatic heterocycles. The zero-order valence-electron chi connectivity index (χ0n) is 16.7. The maximum absolute atomic E-state index is 13.7. The molecule has 2 aromatic heterocycles. The Bertz CT molecular complexity index is 1040. The van der Waals surface area contributed by atoms with Crippen LogP contribution in [0.1, 0.15) is 52.1 Å². The van der Waals surface area contributed by atoms with E-state index in [1.165, 1.54) is 12.1 Å². The molecule has 7 nitrogen and oxygen atoms in total. The van der Waals surface area contributed by atoms with Gasteiger partial charge in [0.15, 0.2) is 23.0 Å². The molecule has 1 amide bonds. The molecule has 1 unspecified atom stereocenters. The van der Waals surface area contributed by atoms with Gasteiger partial charge in [0, 0.05) is 30.9 Å². The molecule has 0 spiro atoms. The fraction of sp³-hybridized carbons (Fsp3) is 0.381. The molecule has 0 bridgehead atoms. The SMILES string of the molecule is Cc1nn(C)c(C)c1C1CCCN1C(=O)c1cc(COc2ccccc2F)on1. The van der Waals surface area contributed by atoms with Crippen LogP contribution in [0.5, 0.6) is 5.75 Å². The van der Waals surface area contributed by atoms with Crippen molar-refractivity contribution in [3.63, 3.8) is 0 Å². The first kappa shape index (κ1) is 19.2. The number of aryl methyl sites for hydroxylation is 2. The Morgan fingerprint density at radius 2 is 2.14 bits per heavy atom. The van der Waals surface area contributed by atoms with E-state index in [0.717, 1.165) is 29.8 Å². The van der Waals surface area contributed by atoms with Crippen molar-refractivity contribution in [2.24, 2.45) is 7.05 Å². The summed E-state index contributed by atoms with van der Waals surface area (Å²) in [5, 5.41) is 8.40. The lowest BCUT2D eigenvalue weighted by Gasteiger charge is -2.24. The van der Waals surface area contributed by atoms with E-state index in [4.69, 9.17) is 9.26 Å². The normalized spacial score (nSPS) is 16.4. The molecule has 1 fully saturated rings. The number of para-hydroxylation sites is 1. The number of carbonyl (C=O) groups is 1. The number of amides is 1. The molecule has 1 saturated heterocycles. The minimum absolute atomic E-state index is 0.00847.